The number of carbonyl (C=O) groups excluding carboxylic acids is 1. The van der Waals surface area contributed by atoms with Crippen LogP contribution in [-0.4, -0.2) is 22.9 Å². The van der Waals surface area contributed by atoms with Crippen LogP contribution in [0.2, 0.25) is 0 Å². The van der Waals surface area contributed by atoms with Crippen LogP contribution in [0.25, 0.3) is 0 Å². The summed E-state index contributed by atoms with van der Waals surface area (Å²) in [7, 11) is 3.24. The van der Waals surface area contributed by atoms with E-state index in [1.807, 2.05) is 31.6 Å². The second-order valence-corrected chi connectivity index (χ2v) is 5.56. The van der Waals surface area contributed by atoms with E-state index < -0.39 is 5.97 Å². The molecule has 0 saturated heterocycles. The summed E-state index contributed by atoms with van der Waals surface area (Å²) in [6.07, 6.45) is 0. The number of esters is 1. The third-order valence-corrected chi connectivity index (χ3v) is 3.88. The van der Waals surface area contributed by atoms with Crippen molar-refractivity contribution in [3.63, 3.8) is 0 Å². The zero-order valence-electron chi connectivity index (χ0n) is 11.3. The minimum absolute atomic E-state index is 0.0909. The van der Waals surface area contributed by atoms with Crippen LogP contribution in [0.5, 0.6) is 0 Å². The van der Waals surface area contributed by atoms with Gasteiger partial charge in [-0.1, -0.05) is 11.8 Å². The van der Waals surface area contributed by atoms with Crippen LogP contribution in [0.4, 0.5) is 0 Å². The van der Waals surface area contributed by atoms with Gasteiger partial charge in [0.25, 0.3) is 0 Å². The van der Waals surface area contributed by atoms with Crippen molar-refractivity contribution in [2.24, 2.45) is 7.05 Å². The quantitative estimate of drug-likeness (QED) is 0.636. The number of thioether (sulfide) groups is 1. The predicted molar refractivity (Wildman–Crippen MR) is 72.3 cm³/mol. The van der Waals surface area contributed by atoms with Crippen molar-refractivity contribution < 1.29 is 13.9 Å². The summed E-state index contributed by atoms with van der Waals surface area (Å²) in [5, 5.41) is 5.44. The van der Waals surface area contributed by atoms with Crippen molar-refractivity contribution >= 4 is 17.7 Å². The number of furan rings is 1. The molecule has 2 aromatic rings. The lowest BCUT2D eigenvalue weighted by atomic mass is 10.3. The molecule has 19 heavy (non-hydrogen) atoms. The molecule has 0 saturated carbocycles. The first-order chi connectivity index (χ1) is 9.01. The van der Waals surface area contributed by atoms with E-state index in [0.717, 1.165) is 16.5 Å². The molecule has 2 heterocycles. The minimum atomic E-state index is -0.458. The molecular weight excluding hydrogens is 264 g/mol. The van der Waals surface area contributed by atoms with E-state index in [1.54, 1.807) is 23.9 Å². The summed E-state index contributed by atoms with van der Waals surface area (Å²) in [6.45, 7) is 3.98. The number of methoxy groups -OCH3 is 1. The summed E-state index contributed by atoms with van der Waals surface area (Å²) in [5.74, 6) is 0.509. The van der Waals surface area contributed by atoms with Crippen molar-refractivity contribution in [2.75, 3.05) is 7.11 Å². The lowest BCUT2D eigenvalue weighted by Gasteiger charge is -2.08. The van der Waals surface area contributed by atoms with Gasteiger partial charge in [-0.2, -0.15) is 5.10 Å². The summed E-state index contributed by atoms with van der Waals surface area (Å²) in [6, 6.07) is 5.45. The number of aromatic nitrogens is 2. The fraction of sp³-hybridized carbons (Fsp3) is 0.385. The number of hydrogen-bond acceptors (Lipinski definition) is 5. The molecule has 2 aromatic heterocycles. The van der Waals surface area contributed by atoms with E-state index in [4.69, 9.17) is 4.42 Å². The SMILES string of the molecule is COC(=O)c1ccc(C(C)Sc2cc(C)nn2C)o1. The van der Waals surface area contributed by atoms with Crippen LogP contribution in [-0.2, 0) is 11.8 Å². The first-order valence-electron chi connectivity index (χ1n) is 5.86. The molecule has 1 unspecified atom stereocenters. The van der Waals surface area contributed by atoms with E-state index >= 15 is 0 Å². The van der Waals surface area contributed by atoms with Crippen molar-refractivity contribution in [1.82, 2.24) is 9.78 Å². The van der Waals surface area contributed by atoms with Gasteiger partial charge in [0.15, 0.2) is 0 Å². The van der Waals surface area contributed by atoms with E-state index in [0.29, 0.717) is 0 Å². The molecule has 0 aliphatic heterocycles. The van der Waals surface area contributed by atoms with Gasteiger partial charge in [0.05, 0.1) is 23.1 Å². The fourth-order valence-electron chi connectivity index (χ4n) is 1.72. The molecule has 0 N–H and O–H groups in total. The Balaban J connectivity index is 2.11. The molecule has 0 fully saturated rings. The Morgan fingerprint density at radius 2 is 2.26 bits per heavy atom. The molecule has 0 radical (unpaired) electrons. The number of nitrogens with zero attached hydrogens (tertiary/aromatic N) is 2. The Hall–Kier alpha value is -1.69. The predicted octanol–water partition coefficient (Wildman–Crippen LogP) is 2.96. The summed E-state index contributed by atoms with van der Waals surface area (Å²) >= 11 is 1.63. The van der Waals surface area contributed by atoms with Gasteiger partial charge in [0.2, 0.25) is 5.76 Å². The van der Waals surface area contributed by atoms with Gasteiger partial charge in [-0.3, -0.25) is 4.68 Å². The highest BCUT2D eigenvalue weighted by molar-refractivity contribution is 7.99. The lowest BCUT2D eigenvalue weighted by molar-refractivity contribution is 0.0563. The molecule has 0 spiro atoms. The Morgan fingerprint density at radius 1 is 1.53 bits per heavy atom. The average molecular weight is 280 g/mol. The first-order valence-corrected chi connectivity index (χ1v) is 6.74. The van der Waals surface area contributed by atoms with Gasteiger partial charge in [-0.15, -0.1) is 0 Å². The van der Waals surface area contributed by atoms with Crippen LogP contribution in [0, 0.1) is 6.92 Å². The van der Waals surface area contributed by atoms with Crippen LogP contribution in [0.15, 0.2) is 27.6 Å². The maximum Gasteiger partial charge on any atom is 0.373 e. The number of ether oxygens (including phenoxy) is 1. The molecule has 6 heteroatoms. The van der Waals surface area contributed by atoms with Gasteiger partial charge in [0.1, 0.15) is 5.76 Å². The highest BCUT2D eigenvalue weighted by Crippen LogP contribution is 2.35. The van der Waals surface area contributed by atoms with Crippen molar-refractivity contribution in [3.8, 4) is 0 Å². The average Bonchev–Trinajstić information content (AvgIpc) is 2.96. The van der Waals surface area contributed by atoms with Crippen LogP contribution in [0.1, 0.15) is 34.2 Å². The van der Waals surface area contributed by atoms with E-state index in [1.165, 1.54) is 7.11 Å². The van der Waals surface area contributed by atoms with E-state index in [9.17, 15) is 4.79 Å². The summed E-state index contributed by atoms with van der Waals surface area (Å²) in [5.41, 5.74) is 0.979. The number of hydrogen-bond donors (Lipinski definition) is 0. The smallest absolute Gasteiger partial charge is 0.373 e. The Morgan fingerprint density at radius 3 is 2.84 bits per heavy atom. The maximum atomic E-state index is 11.3. The highest BCUT2D eigenvalue weighted by Gasteiger charge is 2.17. The lowest BCUT2D eigenvalue weighted by Crippen LogP contribution is -1.98. The molecule has 0 aliphatic rings. The Bertz CT molecular complexity index is 588. The fourth-order valence-corrected chi connectivity index (χ4v) is 2.76. The molecule has 5 nitrogen and oxygen atoms in total. The molecule has 1 atom stereocenters. The van der Waals surface area contributed by atoms with Gasteiger partial charge in [-0.05, 0) is 32.0 Å². The van der Waals surface area contributed by atoms with Gasteiger partial charge in [0, 0.05) is 7.05 Å². The topological polar surface area (TPSA) is 57.3 Å². The van der Waals surface area contributed by atoms with Crippen LogP contribution >= 0.6 is 11.8 Å². The number of rotatable bonds is 4. The van der Waals surface area contributed by atoms with Gasteiger partial charge >= 0.3 is 5.97 Å². The summed E-state index contributed by atoms with van der Waals surface area (Å²) < 4.78 is 11.9. The number of carbonyl (C=O) groups is 1. The van der Waals surface area contributed by atoms with Gasteiger partial charge in [-0.25, -0.2) is 4.79 Å². The van der Waals surface area contributed by atoms with Gasteiger partial charge < -0.3 is 9.15 Å². The molecule has 0 amide bonds. The second-order valence-electron chi connectivity index (χ2n) is 4.20. The monoisotopic (exact) mass is 280 g/mol. The number of aryl methyl sites for hydroxylation is 2. The van der Waals surface area contributed by atoms with Crippen LogP contribution in [0.3, 0.4) is 0 Å². The van der Waals surface area contributed by atoms with Crippen molar-refractivity contribution in [3.05, 3.63) is 35.4 Å². The Kier molecular flexibility index (Phi) is 3.99. The molecule has 2 rings (SSSR count). The minimum Gasteiger partial charge on any atom is -0.463 e. The normalized spacial score (nSPS) is 12.4. The highest BCUT2D eigenvalue weighted by atomic mass is 32.2. The Labute approximate surface area is 115 Å². The van der Waals surface area contributed by atoms with Crippen molar-refractivity contribution in [2.45, 2.75) is 24.1 Å². The van der Waals surface area contributed by atoms with E-state index in [2.05, 4.69) is 9.84 Å². The molecule has 0 aliphatic carbocycles. The molecule has 0 bridgehead atoms. The second kappa shape index (κ2) is 5.52. The third-order valence-electron chi connectivity index (χ3n) is 2.67. The molecular formula is C13H16N2O3S. The summed E-state index contributed by atoms with van der Waals surface area (Å²) in [4.78, 5) is 11.3. The van der Waals surface area contributed by atoms with Crippen molar-refractivity contribution in [1.29, 1.82) is 0 Å². The zero-order chi connectivity index (χ0) is 14.0. The largest absolute Gasteiger partial charge is 0.463 e. The third kappa shape index (κ3) is 3.01. The van der Waals surface area contributed by atoms with Crippen LogP contribution < -0.4 is 0 Å². The molecule has 102 valence electrons. The van der Waals surface area contributed by atoms with E-state index in [-0.39, 0.29) is 11.0 Å². The standard InChI is InChI=1S/C13H16N2O3S/c1-8-7-12(15(3)14-8)19-9(2)10-5-6-11(18-10)13(16)17-4/h5-7,9H,1-4H3. The first kappa shape index (κ1) is 13.7. The maximum absolute atomic E-state index is 11.3. The molecule has 0 aromatic carbocycles. The zero-order valence-corrected chi connectivity index (χ0v) is 12.2.